The van der Waals surface area contributed by atoms with Gasteiger partial charge in [0.1, 0.15) is 11.6 Å². The van der Waals surface area contributed by atoms with Gasteiger partial charge >= 0.3 is 0 Å². The monoisotopic (exact) mass is 340 g/mol. The Kier molecular flexibility index (Phi) is 5.84. The van der Waals surface area contributed by atoms with Gasteiger partial charge in [0.15, 0.2) is 0 Å². The molecule has 0 spiro atoms. The number of rotatable bonds is 4. The molecule has 22 heavy (non-hydrogen) atoms. The summed E-state index contributed by atoms with van der Waals surface area (Å²) < 4.78 is 4.98. The van der Waals surface area contributed by atoms with Crippen molar-refractivity contribution in [3.63, 3.8) is 0 Å². The van der Waals surface area contributed by atoms with Crippen LogP contribution in [0.4, 0.5) is 5.13 Å². The number of methoxy groups -OCH3 is 1. The fourth-order valence-corrected chi connectivity index (χ4v) is 2.98. The van der Waals surface area contributed by atoms with E-state index in [1.165, 1.54) is 22.5 Å². The molecule has 1 amide bonds. The minimum atomic E-state index is -0.156. The summed E-state index contributed by atoms with van der Waals surface area (Å²) in [6, 6.07) is 5.81. The standard InChI is InChI=1S/C14H16N4O2S.ClH/c1-20-8-12-17-18-14(21-12)16-13(19)10-2-3-11-7-15-5-4-9(11)6-10;/h2-3,6,15H,4-5,7-8H2,1H3,(H,16,18,19);1H. The molecule has 1 aromatic heterocycles. The van der Waals surface area contributed by atoms with Crippen LogP contribution in [0.2, 0.25) is 0 Å². The molecule has 0 fully saturated rings. The minimum absolute atomic E-state index is 0. The molecule has 118 valence electrons. The van der Waals surface area contributed by atoms with Gasteiger partial charge < -0.3 is 10.1 Å². The first-order valence-electron chi connectivity index (χ1n) is 6.71. The maximum Gasteiger partial charge on any atom is 0.257 e. The number of fused-ring (bicyclic) bond motifs is 1. The molecule has 2 heterocycles. The normalized spacial score (nSPS) is 13.1. The molecule has 1 aromatic carbocycles. The van der Waals surface area contributed by atoms with Gasteiger partial charge in [0.25, 0.3) is 5.91 Å². The van der Waals surface area contributed by atoms with Gasteiger partial charge in [-0.05, 0) is 36.2 Å². The minimum Gasteiger partial charge on any atom is -0.377 e. The molecule has 1 aliphatic heterocycles. The quantitative estimate of drug-likeness (QED) is 0.890. The van der Waals surface area contributed by atoms with Crippen LogP contribution in [0.15, 0.2) is 18.2 Å². The predicted molar refractivity (Wildman–Crippen MR) is 87.7 cm³/mol. The summed E-state index contributed by atoms with van der Waals surface area (Å²) in [5.41, 5.74) is 3.15. The van der Waals surface area contributed by atoms with Crippen LogP contribution in [-0.4, -0.2) is 29.8 Å². The largest absolute Gasteiger partial charge is 0.377 e. The molecule has 3 rings (SSSR count). The predicted octanol–water partition coefficient (Wildman–Crippen LogP) is 2.00. The Morgan fingerprint density at radius 3 is 3.09 bits per heavy atom. The third kappa shape index (κ3) is 3.80. The number of nitrogens with one attached hydrogen (secondary N) is 2. The summed E-state index contributed by atoms with van der Waals surface area (Å²) >= 11 is 1.32. The molecule has 0 radical (unpaired) electrons. The smallest absolute Gasteiger partial charge is 0.257 e. The van der Waals surface area contributed by atoms with Gasteiger partial charge in [-0.3, -0.25) is 10.1 Å². The van der Waals surface area contributed by atoms with E-state index in [0.717, 1.165) is 24.5 Å². The van der Waals surface area contributed by atoms with Gasteiger partial charge in [-0.15, -0.1) is 22.6 Å². The van der Waals surface area contributed by atoms with Crippen LogP contribution in [0, 0.1) is 0 Å². The number of carbonyl (C=O) groups is 1. The highest BCUT2D eigenvalue weighted by molar-refractivity contribution is 7.15. The Morgan fingerprint density at radius 2 is 2.27 bits per heavy atom. The number of nitrogens with zero attached hydrogens (tertiary/aromatic N) is 2. The molecule has 0 saturated carbocycles. The fourth-order valence-electron chi connectivity index (χ4n) is 2.27. The summed E-state index contributed by atoms with van der Waals surface area (Å²) in [5, 5.41) is 15.2. The highest BCUT2D eigenvalue weighted by Crippen LogP contribution is 2.19. The van der Waals surface area contributed by atoms with Crippen molar-refractivity contribution in [3.05, 3.63) is 39.9 Å². The molecule has 0 unspecified atom stereocenters. The first-order valence-corrected chi connectivity index (χ1v) is 7.53. The van der Waals surface area contributed by atoms with Gasteiger partial charge in [-0.1, -0.05) is 17.4 Å². The average Bonchev–Trinajstić information content (AvgIpc) is 2.94. The van der Waals surface area contributed by atoms with E-state index in [1.54, 1.807) is 7.11 Å². The molecule has 2 N–H and O–H groups in total. The van der Waals surface area contributed by atoms with E-state index in [4.69, 9.17) is 4.74 Å². The Hall–Kier alpha value is -1.54. The molecule has 2 aromatic rings. The fraction of sp³-hybridized carbons (Fsp3) is 0.357. The Labute approximate surface area is 138 Å². The number of hydrogen-bond acceptors (Lipinski definition) is 6. The van der Waals surface area contributed by atoms with Gasteiger partial charge in [-0.2, -0.15) is 0 Å². The van der Waals surface area contributed by atoms with Gasteiger partial charge in [-0.25, -0.2) is 0 Å². The van der Waals surface area contributed by atoms with Crippen molar-refractivity contribution in [1.29, 1.82) is 0 Å². The van der Waals surface area contributed by atoms with E-state index in [1.807, 2.05) is 18.2 Å². The molecule has 8 heteroatoms. The second-order valence-electron chi connectivity index (χ2n) is 4.80. The molecule has 6 nitrogen and oxygen atoms in total. The van der Waals surface area contributed by atoms with Crippen molar-refractivity contribution in [1.82, 2.24) is 15.5 Å². The summed E-state index contributed by atoms with van der Waals surface area (Å²) in [4.78, 5) is 12.2. The molecular weight excluding hydrogens is 324 g/mol. The van der Waals surface area contributed by atoms with E-state index in [2.05, 4.69) is 20.8 Å². The third-order valence-electron chi connectivity index (χ3n) is 3.31. The van der Waals surface area contributed by atoms with Crippen molar-refractivity contribution >= 4 is 34.8 Å². The van der Waals surface area contributed by atoms with Crippen molar-refractivity contribution in [2.45, 2.75) is 19.6 Å². The van der Waals surface area contributed by atoms with Crippen LogP contribution < -0.4 is 10.6 Å². The molecule has 0 bridgehead atoms. The van der Waals surface area contributed by atoms with E-state index in [9.17, 15) is 4.79 Å². The van der Waals surface area contributed by atoms with Crippen LogP contribution in [0.25, 0.3) is 0 Å². The lowest BCUT2D eigenvalue weighted by molar-refractivity contribution is 0.102. The number of benzene rings is 1. The van der Waals surface area contributed by atoms with Gasteiger partial charge in [0.05, 0.1) is 0 Å². The number of halogens is 1. The van der Waals surface area contributed by atoms with Crippen molar-refractivity contribution in [3.8, 4) is 0 Å². The molecule has 1 aliphatic rings. The summed E-state index contributed by atoms with van der Waals surface area (Å²) in [6.45, 7) is 2.22. The van der Waals surface area contributed by atoms with E-state index in [0.29, 0.717) is 17.3 Å². The van der Waals surface area contributed by atoms with Crippen molar-refractivity contribution in [2.24, 2.45) is 0 Å². The van der Waals surface area contributed by atoms with Gasteiger partial charge in [0.2, 0.25) is 5.13 Å². The number of aromatic nitrogens is 2. The first-order chi connectivity index (χ1) is 10.3. The van der Waals surface area contributed by atoms with E-state index in [-0.39, 0.29) is 18.3 Å². The summed E-state index contributed by atoms with van der Waals surface area (Å²) in [6.07, 6.45) is 0.952. The molecular formula is C14H17ClN4O2S. The second-order valence-corrected chi connectivity index (χ2v) is 5.86. The van der Waals surface area contributed by atoms with E-state index >= 15 is 0 Å². The Balaban J connectivity index is 0.00000176. The lowest BCUT2D eigenvalue weighted by Gasteiger charge is -2.17. The first kappa shape index (κ1) is 16.8. The molecule has 0 saturated heterocycles. The number of ether oxygens (including phenoxy) is 1. The number of hydrogen-bond donors (Lipinski definition) is 2. The third-order valence-corrected chi connectivity index (χ3v) is 4.12. The zero-order chi connectivity index (χ0) is 14.7. The maximum atomic E-state index is 12.2. The van der Waals surface area contributed by atoms with Crippen LogP contribution in [0.5, 0.6) is 0 Å². The molecule has 0 atom stereocenters. The summed E-state index contributed by atoms with van der Waals surface area (Å²) in [7, 11) is 1.60. The number of carbonyl (C=O) groups excluding carboxylic acids is 1. The van der Waals surface area contributed by atoms with Crippen LogP contribution in [-0.2, 0) is 24.3 Å². The maximum absolute atomic E-state index is 12.2. The Bertz CT molecular complexity index is 662. The SMILES string of the molecule is COCc1nnc(NC(=O)c2ccc3c(c2)CCNC3)s1.Cl. The highest BCUT2D eigenvalue weighted by Gasteiger charge is 2.14. The van der Waals surface area contributed by atoms with Gasteiger partial charge in [0, 0.05) is 19.2 Å². The zero-order valence-corrected chi connectivity index (χ0v) is 13.7. The van der Waals surface area contributed by atoms with Crippen molar-refractivity contribution in [2.75, 3.05) is 19.0 Å². The second kappa shape index (κ2) is 7.64. The Morgan fingerprint density at radius 1 is 1.41 bits per heavy atom. The van der Waals surface area contributed by atoms with Crippen LogP contribution in [0.3, 0.4) is 0 Å². The van der Waals surface area contributed by atoms with Crippen LogP contribution >= 0.6 is 23.7 Å². The highest BCUT2D eigenvalue weighted by atomic mass is 35.5. The molecule has 0 aliphatic carbocycles. The van der Waals surface area contributed by atoms with E-state index < -0.39 is 0 Å². The number of amides is 1. The average molecular weight is 341 g/mol. The van der Waals surface area contributed by atoms with Crippen LogP contribution in [0.1, 0.15) is 26.5 Å². The van der Waals surface area contributed by atoms with Crippen molar-refractivity contribution < 1.29 is 9.53 Å². The topological polar surface area (TPSA) is 76.1 Å². The number of anilines is 1. The zero-order valence-electron chi connectivity index (χ0n) is 12.1. The lowest BCUT2D eigenvalue weighted by atomic mass is 9.98. The summed E-state index contributed by atoms with van der Waals surface area (Å²) in [5.74, 6) is -0.156. The lowest BCUT2D eigenvalue weighted by Crippen LogP contribution is -2.24.